The molecule has 412 valence electrons. The Morgan fingerprint density at radius 2 is 0.988 bits per heavy atom. The van der Waals surface area contributed by atoms with Crippen molar-refractivity contribution >= 4 is 54.6 Å². The first-order valence-corrected chi connectivity index (χ1v) is 29.1. The number of fused-ring (bicyclic) bond motifs is 7. The minimum absolute atomic E-state index is 0.125. The van der Waals surface area contributed by atoms with Gasteiger partial charge in [-0.2, -0.15) is 0 Å². The van der Waals surface area contributed by atoms with Crippen LogP contribution in [0.15, 0.2) is 255 Å². The van der Waals surface area contributed by atoms with Crippen molar-refractivity contribution in [3.8, 4) is 78.9 Å². The van der Waals surface area contributed by atoms with E-state index in [4.69, 9.17) is 12.5 Å². The van der Waals surface area contributed by atoms with E-state index >= 15 is 0 Å². The van der Waals surface area contributed by atoms with Crippen molar-refractivity contribution in [2.75, 3.05) is 0 Å². The van der Waals surface area contributed by atoms with Crippen LogP contribution in [0, 0.1) is 29.8 Å². The number of ether oxygens (including phenoxy) is 1. The fourth-order valence-corrected chi connectivity index (χ4v) is 12.8. The molecule has 0 N–H and O–H groups in total. The van der Waals surface area contributed by atoms with Gasteiger partial charge in [0.1, 0.15) is 0 Å². The van der Waals surface area contributed by atoms with Crippen LogP contribution < -0.4 is 4.74 Å². The second-order valence-electron chi connectivity index (χ2n) is 22.4. The quantitative estimate of drug-likeness (QED) is 0.128. The summed E-state index contributed by atoms with van der Waals surface area (Å²) in [5.74, 6) is 1.54. The summed E-state index contributed by atoms with van der Waals surface area (Å²) in [7, 11) is 0. The van der Waals surface area contributed by atoms with E-state index in [0.717, 1.165) is 88.4 Å². The summed E-state index contributed by atoms with van der Waals surface area (Å²) < 4.78 is 109. The number of imidazole rings is 1. The van der Waals surface area contributed by atoms with E-state index in [-0.39, 0.29) is 33.4 Å². The maximum atomic E-state index is 9.78. The Labute approximate surface area is 519 Å². The Kier molecular flexibility index (Phi) is 10.3. The molecule has 6 nitrogen and oxygen atoms in total. The van der Waals surface area contributed by atoms with Gasteiger partial charge in [-0.1, -0.05) is 92.6 Å². The van der Waals surface area contributed by atoms with Crippen molar-refractivity contribution in [3.05, 3.63) is 287 Å². The van der Waals surface area contributed by atoms with E-state index in [0.29, 0.717) is 37.7 Å². The molecule has 0 aliphatic rings. The topological polar surface area (TPSA) is 41.8 Å². The van der Waals surface area contributed by atoms with Crippen molar-refractivity contribution in [2.24, 2.45) is 0 Å². The number of nitrogens with zero attached hydrogens (tertiary/aromatic N) is 5. The normalized spacial score (nSPS) is 13.5. The Bertz CT molecular complexity index is 5550. The first-order valence-electron chi connectivity index (χ1n) is 33.0. The van der Waals surface area contributed by atoms with Crippen LogP contribution >= 0.6 is 0 Å². The van der Waals surface area contributed by atoms with Gasteiger partial charge in [0.05, 0.1) is 0 Å². The molecule has 0 unspecified atom stereocenters. The molecule has 4 heterocycles. The van der Waals surface area contributed by atoms with Gasteiger partial charge in [0, 0.05) is 6.20 Å². The molecule has 0 bridgehead atoms. The first kappa shape index (κ1) is 42.0. The van der Waals surface area contributed by atoms with E-state index in [1.807, 2.05) is 105 Å². The van der Waals surface area contributed by atoms with Crippen molar-refractivity contribution in [2.45, 2.75) is 40.0 Å². The van der Waals surface area contributed by atoms with Crippen molar-refractivity contribution < 1.29 is 37.8 Å². The van der Waals surface area contributed by atoms with E-state index in [1.165, 1.54) is 0 Å². The third-order valence-corrected chi connectivity index (χ3v) is 17.0. The van der Waals surface area contributed by atoms with Gasteiger partial charge in [0.25, 0.3) is 0 Å². The van der Waals surface area contributed by atoms with Gasteiger partial charge >= 0.3 is 392 Å². The molecule has 0 spiro atoms. The van der Waals surface area contributed by atoms with Crippen LogP contribution in [0.2, 0.25) is 0 Å². The molecule has 0 atom stereocenters. The van der Waals surface area contributed by atoms with Gasteiger partial charge in [0.15, 0.2) is 0 Å². The molecule has 0 fully saturated rings. The van der Waals surface area contributed by atoms with Gasteiger partial charge in [0.2, 0.25) is 0 Å². The average molecular weight is 1290 g/mol. The van der Waals surface area contributed by atoms with Crippen molar-refractivity contribution in [1.29, 1.82) is 0 Å². The van der Waals surface area contributed by atoms with E-state index < -0.39 is 60.4 Å². The van der Waals surface area contributed by atoms with Crippen LogP contribution in [0.5, 0.6) is 11.5 Å². The monoisotopic (exact) mass is 1280 g/mol. The second kappa shape index (κ2) is 20.8. The molecule has 7 heteroatoms. The van der Waals surface area contributed by atoms with Crippen LogP contribution in [0.4, 0.5) is 0 Å². The average Bonchev–Trinajstić information content (AvgIpc) is 1.67. The van der Waals surface area contributed by atoms with Gasteiger partial charge in [-0.3, -0.25) is 0 Å². The van der Waals surface area contributed by atoms with Crippen LogP contribution in [-0.2, 0) is 24.8 Å². The molecule has 11 aromatic carbocycles. The van der Waals surface area contributed by atoms with Crippen molar-refractivity contribution in [3.63, 3.8) is 0 Å². The Balaban J connectivity index is 0.988. The number of hydrogen-bond acceptors (Lipinski definition) is 2. The number of rotatable bonds is 10. The van der Waals surface area contributed by atoms with E-state index in [2.05, 4.69) is 162 Å². The fraction of sp³-hybridized carbons (Fsp3) is 0.0769. The van der Waals surface area contributed by atoms with E-state index in [9.17, 15) is 11.0 Å². The molecular formula is C78H57N5OPt-2. The number of para-hydroxylation sites is 3. The molecule has 0 saturated carbocycles. The van der Waals surface area contributed by atoms with Gasteiger partial charge in [-0.25, -0.2) is 0 Å². The fourth-order valence-electron chi connectivity index (χ4n) is 11.8. The Morgan fingerprint density at radius 1 is 0.447 bits per heavy atom. The van der Waals surface area contributed by atoms with Crippen LogP contribution in [0.25, 0.3) is 122 Å². The number of benzene rings is 11. The summed E-state index contributed by atoms with van der Waals surface area (Å²) in [6.07, 6.45) is 1.84. The molecular weight excluding hydrogens is 1220 g/mol. The van der Waals surface area contributed by atoms with Gasteiger partial charge in [-0.15, -0.1) is 0 Å². The summed E-state index contributed by atoms with van der Waals surface area (Å²) in [6.45, 7) is 10.6. The van der Waals surface area contributed by atoms with E-state index in [1.54, 1.807) is 12.1 Å². The molecule has 0 aliphatic heterocycles. The predicted molar refractivity (Wildman–Crippen MR) is 346 cm³/mol. The van der Waals surface area contributed by atoms with Crippen LogP contribution in [0.3, 0.4) is 0 Å². The zero-order valence-electron chi connectivity index (χ0n) is 56.9. The molecule has 15 rings (SSSR count). The SMILES string of the molecule is [2H]c1c([2H])c([2H])c(-c2cc(-n3c4ccc(-c5ccc(C)cc5)cc4c4cc(-c5ccc(C)cc5)ccc43)cc(-c3c([2H])c([2H])c([2H])c([2H])c3[2H])c2-n2[c](=[Pt])n(-c3[c-]c(Oc4[c-]c5c(cc4)c4ccccc4n5-c4cc(C(C)(C)C)ccn4)ccc3)c3ccccc32)c([2H])c1[2H]. The number of aryl methyl sites for hydroxylation is 2. The molecule has 0 saturated heterocycles. The van der Waals surface area contributed by atoms with Crippen LogP contribution in [0.1, 0.15) is 51.2 Å². The third-order valence-electron chi connectivity index (χ3n) is 16.0. The Morgan fingerprint density at radius 3 is 1.59 bits per heavy atom. The summed E-state index contributed by atoms with van der Waals surface area (Å²) in [5.41, 5.74) is 12.7. The molecule has 0 aliphatic carbocycles. The maximum absolute atomic E-state index is 9.78. The molecule has 0 radical (unpaired) electrons. The molecule has 4 aromatic heterocycles. The number of pyridine rings is 1. The summed E-state index contributed by atoms with van der Waals surface area (Å²) in [4.78, 5) is 4.86. The zero-order valence-corrected chi connectivity index (χ0v) is 49.2. The summed E-state index contributed by atoms with van der Waals surface area (Å²) in [5, 5.41) is 3.79. The second-order valence-corrected chi connectivity index (χ2v) is 23.4. The standard InChI is InChI=1S/C78H57N5O.Pt/c1-51-27-31-53(32-28-51)57-35-39-71-68(43-57)69-44-58(54-33-29-52(2)30-34-54)36-40-72(69)82(71)61-47-66(55-17-8-6-9-18-55)77(67(48-61)56-19-10-7-11-20-56)81-50-80(73-25-14-15-26-74(73)81)60-21-16-22-62(46-60)84-63-37-38-65-64-23-12-13-24-70(64)83(75(65)49-63)76-45-59(41-42-79-76)78(3,4)5;/h6-45,47-48H,1-5H3;/q-2;/i6D,7D,8D,9D,10D,11D,17D,18D,19D,20D;. The molecule has 85 heavy (non-hydrogen) atoms. The predicted octanol–water partition coefficient (Wildman–Crippen LogP) is 20.1. The Hall–Kier alpha value is -9.87. The first-order chi connectivity index (χ1) is 45.6. The number of aromatic nitrogens is 5. The third kappa shape index (κ3) is 9.17. The van der Waals surface area contributed by atoms with Crippen molar-refractivity contribution in [1.82, 2.24) is 23.3 Å². The van der Waals surface area contributed by atoms with Gasteiger partial charge in [-0.05, 0) is 30.9 Å². The minimum atomic E-state index is -0.595. The molecule has 0 amide bonds. The van der Waals surface area contributed by atoms with Gasteiger partial charge < -0.3 is 0 Å². The number of hydrogen-bond donors (Lipinski definition) is 0. The zero-order chi connectivity index (χ0) is 66.2. The molecule has 15 aromatic rings. The van der Waals surface area contributed by atoms with Crippen LogP contribution in [-0.4, -0.2) is 23.3 Å². The summed E-state index contributed by atoms with van der Waals surface area (Å²) >= 11 is 2.20. The summed E-state index contributed by atoms with van der Waals surface area (Å²) in [6, 6.07) is 63.8.